The van der Waals surface area contributed by atoms with Crippen molar-refractivity contribution in [1.82, 2.24) is 14.4 Å². The summed E-state index contributed by atoms with van der Waals surface area (Å²) in [6.45, 7) is 3.14. The third-order valence-electron chi connectivity index (χ3n) is 3.91. The maximum Gasteiger partial charge on any atom is 0.270 e. The van der Waals surface area contributed by atoms with Crippen LogP contribution in [0.5, 0.6) is 0 Å². The molecule has 19 heavy (non-hydrogen) atoms. The van der Waals surface area contributed by atoms with Crippen molar-refractivity contribution in [3.63, 3.8) is 0 Å². The summed E-state index contributed by atoms with van der Waals surface area (Å²) >= 11 is 3.41. The quantitative estimate of drug-likeness (QED) is 0.851. The minimum absolute atomic E-state index is 0.104. The SMILES string of the molecule is CN1CCC(CN(C)C(=O)c2cc(Br)cn2C)CC1. The van der Waals surface area contributed by atoms with Crippen molar-refractivity contribution in [3.05, 3.63) is 22.4 Å². The monoisotopic (exact) mass is 327 g/mol. The van der Waals surface area contributed by atoms with Gasteiger partial charge in [-0.05, 0) is 60.9 Å². The largest absolute Gasteiger partial charge is 0.345 e. The highest BCUT2D eigenvalue weighted by Crippen LogP contribution is 2.19. The number of aryl methyl sites for hydroxylation is 1. The average Bonchev–Trinajstić information content (AvgIpc) is 2.70. The van der Waals surface area contributed by atoms with Crippen LogP contribution in [0.1, 0.15) is 23.3 Å². The molecule has 0 bridgehead atoms. The minimum Gasteiger partial charge on any atom is -0.345 e. The number of rotatable bonds is 3. The van der Waals surface area contributed by atoms with E-state index < -0.39 is 0 Å². The molecule has 1 saturated heterocycles. The first-order chi connectivity index (χ1) is 8.97. The standard InChI is InChI=1S/C14H22BrN3O/c1-16-6-4-11(5-7-16)9-18(3)14(19)13-8-12(15)10-17(13)2/h8,10-11H,4-7,9H2,1-3H3. The Balaban J connectivity index is 1.94. The normalized spacial score (nSPS) is 17.7. The van der Waals surface area contributed by atoms with Crippen molar-refractivity contribution in [3.8, 4) is 0 Å². The van der Waals surface area contributed by atoms with E-state index in [9.17, 15) is 4.79 Å². The molecule has 1 aromatic rings. The Morgan fingerprint density at radius 3 is 2.58 bits per heavy atom. The van der Waals surface area contributed by atoms with Gasteiger partial charge in [0.2, 0.25) is 0 Å². The van der Waals surface area contributed by atoms with E-state index in [-0.39, 0.29) is 5.91 Å². The summed E-state index contributed by atoms with van der Waals surface area (Å²) in [6, 6.07) is 1.88. The Morgan fingerprint density at radius 1 is 1.42 bits per heavy atom. The van der Waals surface area contributed by atoms with Gasteiger partial charge in [-0.2, -0.15) is 0 Å². The molecular weight excluding hydrogens is 306 g/mol. The molecule has 1 aliphatic rings. The van der Waals surface area contributed by atoms with E-state index in [2.05, 4.69) is 27.9 Å². The van der Waals surface area contributed by atoms with E-state index in [1.807, 2.05) is 35.8 Å². The van der Waals surface area contributed by atoms with Gasteiger partial charge >= 0.3 is 0 Å². The van der Waals surface area contributed by atoms with Gasteiger partial charge in [0, 0.05) is 31.3 Å². The molecule has 5 heteroatoms. The topological polar surface area (TPSA) is 28.5 Å². The molecule has 2 heterocycles. The van der Waals surface area contributed by atoms with Crippen LogP contribution in [-0.2, 0) is 7.05 Å². The molecule has 1 aromatic heterocycles. The number of carbonyl (C=O) groups is 1. The van der Waals surface area contributed by atoms with Crippen LogP contribution < -0.4 is 0 Å². The maximum absolute atomic E-state index is 12.4. The van der Waals surface area contributed by atoms with Crippen molar-refractivity contribution in [2.75, 3.05) is 33.7 Å². The van der Waals surface area contributed by atoms with Gasteiger partial charge in [0.25, 0.3) is 5.91 Å². The number of halogens is 1. The summed E-state index contributed by atoms with van der Waals surface area (Å²) in [5.41, 5.74) is 0.738. The number of carbonyl (C=O) groups excluding carboxylic acids is 1. The zero-order valence-electron chi connectivity index (χ0n) is 11.9. The molecule has 4 nitrogen and oxygen atoms in total. The first-order valence-corrected chi connectivity index (χ1v) is 7.52. The third kappa shape index (κ3) is 3.60. The number of likely N-dealkylation sites (tertiary alicyclic amines) is 1. The lowest BCUT2D eigenvalue weighted by Gasteiger charge is -2.31. The van der Waals surface area contributed by atoms with Gasteiger partial charge in [-0.15, -0.1) is 0 Å². The summed E-state index contributed by atoms with van der Waals surface area (Å²) in [5.74, 6) is 0.737. The van der Waals surface area contributed by atoms with E-state index >= 15 is 0 Å². The highest BCUT2D eigenvalue weighted by Gasteiger charge is 2.22. The maximum atomic E-state index is 12.4. The van der Waals surface area contributed by atoms with Crippen molar-refractivity contribution in [2.24, 2.45) is 13.0 Å². The molecule has 0 aliphatic carbocycles. The van der Waals surface area contributed by atoms with Crippen LogP contribution in [-0.4, -0.2) is 54.0 Å². The number of piperidine rings is 1. The van der Waals surface area contributed by atoms with Crippen LogP contribution in [0, 0.1) is 5.92 Å². The first-order valence-electron chi connectivity index (χ1n) is 6.73. The van der Waals surface area contributed by atoms with E-state index in [1.165, 1.54) is 12.8 Å². The lowest BCUT2D eigenvalue weighted by Crippen LogP contribution is -2.38. The summed E-state index contributed by atoms with van der Waals surface area (Å²) in [4.78, 5) is 16.6. The van der Waals surface area contributed by atoms with Crippen molar-refractivity contribution < 1.29 is 4.79 Å². The second-order valence-corrected chi connectivity index (χ2v) is 6.50. The molecule has 0 aromatic carbocycles. The molecule has 2 rings (SSSR count). The molecule has 0 spiro atoms. The zero-order valence-corrected chi connectivity index (χ0v) is 13.5. The van der Waals surface area contributed by atoms with Gasteiger partial charge in [0.1, 0.15) is 5.69 Å². The molecule has 106 valence electrons. The Bertz CT molecular complexity index is 450. The van der Waals surface area contributed by atoms with Crippen LogP contribution in [0.25, 0.3) is 0 Å². The lowest BCUT2D eigenvalue weighted by atomic mass is 9.96. The summed E-state index contributed by atoms with van der Waals surface area (Å²) in [7, 11) is 5.97. The Morgan fingerprint density at radius 2 is 2.05 bits per heavy atom. The predicted octanol–water partition coefficient (Wildman–Crippen LogP) is 2.20. The molecule has 1 fully saturated rings. The molecule has 1 amide bonds. The fraction of sp³-hybridized carbons (Fsp3) is 0.643. The van der Waals surface area contributed by atoms with Crippen LogP contribution in [0.4, 0.5) is 0 Å². The van der Waals surface area contributed by atoms with Crippen LogP contribution in [0.15, 0.2) is 16.7 Å². The Kier molecular flexibility index (Phi) is 4.68. The van der Waals surface area contributed by atoms with E-state index in [0.29, 0.717) is 5.92 Å². The number of nitrogens with zero attached hydrogens (tertiary/aromatic N) is 3. The van der Waals surface area contributed by atoms with Gasteiger partial charge in [0.15, 0.2) is 0 Å². The minimum atomic E-state index is 0.104. The summed E-state index contributed by atoms with van der Waals surface area (Å²) in [5, 5.41) is 0. The fourth-order valence-corrected chi connectivity index (χ4v) is 3.17. The first kappa shape index (κ1) is 14.6. The molecule has 0 N–H and O–H groups in total. The highest BCUT2D eigenvalue weighted by molar-refractivity contribution is 9.10. The number of hydrogen-bond donors (Lipinski definition) is 0. The lowest BCUT2D eigenvalue weighted by molar-refractivity contribution is 0.0738. The smallest absolute Gasteiger partial charge is 0.270 e. The van der Waals surface area contributed by atoms with E-state index in [4.69, 9.17) is 0 Å². The van der Waals surface area contributed by atoms with E-state index in [1.54, 1.807) is 0 Å². The summed E-state index contributed by atoms with van der Waals surface area (Å²) < 4.78 is 2.82. The molecule has 1 aliphatic heterocycles. The van der Waals surface area contributed by atoms with Crippen molar-refractivity contribution in [2.45, 2.75) is 12.8 Å². The van der Waals surface area contributed by atoms with Crippen LogP contribution in [0.3, 0.4) is 0 Å². The number of aromatic nitrogens is 1. The van der Waals surface area contributed by atoms with Gasteiger partial charge in [-0.25, -0.2) is 0 Å². The zero-order chi connectivity index (χ0) is 14.0. The van der Waals surface area contributed by atoms with Gasteiger partial charge < -0.3 is 14.4 Å². The molecule has 0 radical (unpaired) electrons. The highest BCUT2D eigenvalue weighted by atomic mass is 79.9. The van der Waals surface area contributed by atoms with E-state index in [0.717, 1.165) is 29.8 Å². The second kappa shape index (κ2) is 6.09. The third-order valence-corrected chi connectivity index (χ3v) is 4.34. The Hall–Kier alpha value is -0.810. The average molecular weight is 328 g/mol. The van der Waals surface area contributed by atoms with Crippen molar-refractivity contribution >= 4 is 21.8 Å². The van der Waals surface area contributed by atoms with Crippen LogP contribution >= 0.6 is 15.9 Å². The van der Waals surface area contributed by atoms with Gasteiger partial charge in [-0.3, -0.25) is 4.79 Å². The predicted molar refractivity (Wildman–Crippen MR) is 80.3 cm³/mol. The number of hydrogen-bond acceptors (Lipinski definition) is 2. The van der Waals surface area contributed by atoms with Crippen LogP contribution in [0.2, 0.25) is 0 Å². The second-order valence-electron chi connectivity index (χ2n) is 5.59. The molecule has 0 saturated carbocycles. The molecule has 0 atom stereocenters. The molecule has 0 unspecified atom stereocenters. The number of amides is 1. The van der Waals surface area contributed by atoms with Crippen molar-refractivity contribution in [1.29, 1.82) is 0 Å². The van der Waals surface area contributed by atoms with Gasteiger partial charge in [0.05, 0.1) is 0 Å². The fourth-order valence-electron chi connectivity index (χ4n) is 2.65. The van der Waals surface area contributed by atoms with Gasteiger partial charge in [-0.1, -0.05) is 0 Å². The molecular formula is C14H22BrN3O. The Labute approximate surface area is 123 Å². The summed E-state index contributed by atoms with van der Waals surface area (Å²) in [6.07, 6.45) is 4.28.